The van der Waals surface area contributed by atoms with Gasteiger partial charge in [0.05, 0.1) is 5.69 Å². The maximum absolute atomic E-state index is 12.9. The van der Waals surface area contributed by atoms with Gasteiger partial charge in [0.15, 0.2) is 5.52 Å². The lowest BCUT2D eigenvalue weighted by molar-refractivity contribution is 0.170. The number of aromatic nitrogens is 4. The van der Waals surface area contributed by atoms with E-state index in [2.05, 4.69) is 43.4 Å². The summed E-state index contributed by atoms with van der Waals surface area (Å²) in [6.45, 7) is 13.3. The van der Waals surface area contributed by atoms with Crippen LogP contribution in [0, 0.1) is 6.92 Å². The van der Waals surface area contributed by atoms with Crippen LogP contribution in [0.5, 0.6) is 0 Å². The molecule has 0 aromatic carbocycles. The summed E-state index contributed by atoms with van der Waals surface area (Å²) >= 11 is 0. The maximum atomic E-state index is 12.9. The predicted octanol–water partition coefficient (Wildman–Crippen LogP) is 2.18. The van der Waals surface area contributed by atoms with E-state index in [9.17, 15) is 4.79 Å². The van der Waals surface area contributed by atoms with E-state index >= 15 is 0 Å². The molecule has 0 unspecified atom stereocenters. The summed E-state index contributed by atoms with van der Waals surface area (Å²) in [4.78, 5) is 17.7. The molecule has 1 aliphatic rings. The molecule has 25 heavy (non-hydrogen) atoms. The van der Waals surface area contributed by atoms with Gasteiger partial charge in [-0.05, 0) is 54.4 Å². The molecule has 7 nitrogen and oxygen atoms in total. The molecule has 1 saturated heterocycles. The second-order valence-corrected chi connectivity index (χ2v) is 8.53. The maximum Gasteiger partial charge on any atom is 0.281 e. The highest BCUT2D eigenvalue weighted by atomic mass is 16.1. The molecule has 0 spiro atoms. The van der Waals surface area contributed by atoms with Gasteiger partial charge in [-0.25, -0.2) is 4.98 Å². The Balaban J connectivity index is 2.04. The number of anilines is 1. The van der Waals surface area contributed by atoms with Gasteiger partial charge in [0.25, 0.3) is 5.56 Å². The first kappa shape index (κ1) is 17.9. The van der Waals surface area contributed by atoms with Gasteiger partial charge in [-0.3, -0.25) is 14.0 Å². The topological polar surface area (TPSA) is 76.8 Å². The van der Waals surface area contributed by atoms with Crippen molar-refractivity contribution >= 4 is 17.0 Å². The van der Waals surface area contributed by atoms with E-state index in [1.807, 2.05) is 13.8 Å². The van der Waals surface area contributed by atoms with Crippen molar-refractivity contribution in [1.29, 1.82) is 0 Å². The zero-order valence-corrected chi connectivity index (χ0v) is 16.4. The molecule has 2 aromatic heterocycles. The Morgan fingerprint density at radius 1 is 1.24 bits per heavy atom. The first-order valence-electron chi connectivity index (χ1n) is 9.03. The molecule has 0 aliphatic carbocycles. The Morgan fingerprint density at radius 2 is 1.84 bits per heavy atom. The van der Waals surface area contributed by atoms with E-state index in [4.69, 9.17) is 4.98 Å². The summed E-state index contributed by atoms with van der Waals surface area (Å²) in [6.07, 6.45) is 1.94. The number of rotatable bonds is 3. The largest absolute Gasteiger partial charge is 0.353 e. The minimum Gasteiger partial charge on any atom is -0.353 e. The van der Waals surface area contributed by atoms with Crippen molar-refractivity contribution in [2.45, 2.75) is 78.0 Å². The average molecular weight is 346 g/mol. The van der Waals surface area contributed by atoms with E-state index in [1.54, 1.807) is 16.3 Å². The normalized spacial score (nSPS) is 20.1. The van der Waals surface area contributed by atoms with Gasteiger partial charge in [0, 0.05) is 30.7 Å². The zero-order chi connectivity index (χ0) is 18.6. The molecule has 3 heterocycles. The van der Waals surface area contributed by atoms with Crippen LogP contribution >= 0.6 is 0 Å². The predicted molar refractivity (Wildman–Crippen MR) is 101 cm³/mol. The van der Waals surface area contributed by atoms with Crippen LogP contribution in [0.25, 0.3) is 11.0 Å². The smallest absolute Gasteiger partial charge is 0.281 e. The van der Waals surface area contributed by atoms with Gasteiger partial charge in [-0.2, -0.15) is 5.10 Å². The van der Waals surface area contributed by atoms with Crippen molar-refractivity contribution < 1.29 is 0 Å². The van der Waals surface area contributed by atoms with Crippen LogP contribution < -0.4 is 16.2 Å². The number of fused-ring (bicyclic) bond motifs is 1. The molecular formula is C18H30N6O. The first-order valence-corrected chi connectivity index (χ1v) is 9.03. The first-order chi connectivity index (χ1) is 11.5. The molecule has 3 rings (SSSR count). The SMILES string of the molecule is CCn1c(NC2CC(C)(C)NC(C)(C)C2)nc2c(C)nn(C)c2c1=O. The highest BCUT2D eigenvalue weighted by Gasteiger charge is 2.38. The number of hydrogen-bond acceptors (Lipinski definition) is 5. The molecule has 0 bridgehead atoms. The van der Waals surface area contributed by atoms with Crippen molar-refractivity contribution in [2.75, 3.05) is 5.32 Å². The lowest BCUT2D eigenvalue weighted by atomic mass is 9.80. The Morgan fingerprint density at radius 3 is 2.40 bits per heavy atom. The Bertz CT molecular complexity index is 845. The molecule has 1 aliphatic heterocycles. The Hall–Kier alpha value is -1.89. The molecule has 0 amide bonds. The number of hydrogen-bond donors (Lipinski definition) is 2. The van der Waals surface area contributed by atoms with E-state index in [0.717, 1.165) is 18.5 Å². The molecule has 7 heteroatoms. The fourth-order valence-electron chi connectivity index (χ4n) is 4.42. The zero-order valence-electron chi connectivity index (χ0n) is 16.4. The van der Waals surface area contributed by atoms with Crippen molar-refractivity contribution in [2.24, 2.45) is 7.05 Å². The lowest BCUT2D eigenvalue weighted by Gasteiger charge is -2.46. The molecule has 138 valence electrons. The van der Waals surface area contributed by atoms with Crippen LogP contribution in [0.2, 0.25) is 0 Å². The highest BCUT2D eigenvalue weighted by Crippen LogP contribution is 2.30. The van der Waals surface area contributed by atoms with Crippen molar-refractivity contribution in [3.63, 3.8) is 0 Å². The number of nitrogens with zero attached hydrogens (tertiary/aromatic N) is 4. The second-order valence-electron chi connectivity index (χ2n) is 8.53. The van der Waals surface area contributed by atoms with Crippen LogP contribution in [-0.4, -0.2) is 36.5 Å². The van der Waals surface area contributed by atoms with Gasteiger partial charge in [-0.1, -0.05) is 0 Å². The summed E-state index contributed by atoms with van der Waals surface area (Å²) in [5, 5.41) is 11.6. The van der Waals surface area contributed by atoms with Gasteiger partial charge in [0.1, 0.15) is 5.52 Å². The van der Waals surface area contributed by atoms with Gasteiger partial charge < -0.3 is 10.6 Å². The van der Waals surface area contributed by atoms with Crippen LogP contribution in [0.4, 0.5) is 5.95 Å². The molecular weight excluding hydrogens is 316 g/mol. The Kier molecular flexibility index (Phi) is 4.18. The van der Waals surface area contributed by atoms with E-state index < -0.39 is 0 Å². The van der Waals surface area contributed by atoms with Crippen molar-refractivity contribution in [1.82, 2.24) is 24.6 Å². The number of nitrogens with one attached hydrogen (secondary N) is 2. The van der Waals surface area contributed by atoms with Crippen LogP contribution in [0.3, 0.4) is 0 Å². The molecule has 0 saturated carbocycles. The second kappa shape index (κ2) is 5.83. The van der Waals surface area contributed by atoms with Crippen molar-refractivity contribution in [3.05, 3.63) is 16.0 Å². The molecule has 1 fully saturated rings. The summed E-state index contributed by atoms with van der Waals surface area (Å²) in [5.41, 5.74) is 2.07. The highest BCUT2D eigenvalue weighted by molar-refractivity contribution is 5.77. The molecule has 2 N–H and O–H groups in total. The number of piperidine rings is 1. The summed E-state index contributed by atoms with van der Waals surface area (Å²) in [6, 6.07) is 0.255. The minimum atomic E-state index is -0.0365. The van der Waals surface area contributed by atoms with Crippen LogP contribution in [0.1, 0.15) is 53.2 Å². The van der Waals surface area contributed by atoms with Crippen LogP contribution in [-0.2, 0) is 13.6 Å². The van der Waals surface area contributed by atoms with E-state index in [-0.39, 0.29) is 22.7 Å². The monoisotopic (exact) mass is 346 g/mol. The molecule has 0 radical (unpaired) electrons. The van der Waals surface area contributed by atoms with E-state index in [1.165, 1.54) is 0 Å². The number of aryl methyl sites for hydroxylation is 2. The minimum absolute atomic E-state index is 0.0328. The summed E-state index contributed by atoms with van der Waals surface area (Å²) in [7, 11) is 1.80. The van der Waals surface area contributed by atoms with Gasteiger partial charge in [-0.15, -0.1) is 0 Å². The third kappa shape index (κ3) is 3.29. The fraction of sp³-hybridized carbons (Fsp3) is 0.722. The van der Waals surface area contributed by atoms with E-state index in [0.29, 0.717) is 23.5 Å². The molecule has 2 aromatic rings. The molecule has 0 atom stereocenters. The van der Waals surface area contributed by atoms with Gasteiger partial charge in [0.2, 0.25) is 5.95 Å². The van der Waals surface area contributed by atoms with Crippen LogP contribution in [0.15, 0.2) is 4.79 Å². The third-order valence-corrected chi connectivity index (χ3v) is 4.95. The van der Waals surface area contributed by atoms with Gasteiger partial charge >= 0.3 is 0 Å². The lowest BCUT2D eigenvalue weighted by Crippen LogP contribution is -2.60. The Labute approximate surface area is 148 Å². The average Bonchev–Trinajstić information content (AvgIpc) is 2.70. The standard InChI is InChI=1S/C18H30N6O/c1-8-24-15(25)14-13(11(2)21-23(14)7)20-16(24)19-12-9-17(3,4)22-18(5,6)10-12/h12,22H,8-10H2,1-7H3,(H,19,20). The summed E-state index contributed by atoms with van der Waals surface area (Å²) in [5.74, 6) is 0.648. The third-order valence-electron chi connectivity index (χ3n) is 4.95. The van der Waals surface area contributed by atoms with Crippen molar-refractivity contribution in [3.8, 4) is 0 Å². The summed E-state index contributed by atoms with van der Waals surface area (Å²) < 4.78 is 3.35. The quantitative estimate of drug-likeness (QED) is 0.891. The fourth-order valence-corrected chi connectivity index (χ4v) is 4.42.